The second kappa shape index (κ2) is 12.5. The normalized spacial score (nSPS) is 14.6. The first kappa shape index (κ1) is 30.6. The van der Waals surface area contributed by atoms with Gasteiger partial charge >= 0.3 is 0 Å². The third kappa shape index (κ3) is 6.93. The molecule has 3 aromatic carbocycles. The largest absolute Gasteiger partial charge is 0.459 e. The van der Waals surface area contributed by atoms with Gasteiger partial charge in [-0.2, -0.15) is 0 Å². The quantitative estimate of drug-likeness (QED) is 0.146. The van der Waals surface area contributed by atoms with Crippen LogP contribution in [0.5, 0.6) is 0 Å². The zero-order valence-electron chi connectivity index (χ0n) is 24.4. The van der Waals surface area contributed by atoms with Crippen LogP contribution >= 0.6 is 0 Å². The summed E-state index contributed by atoms with van der Waals surface area (Å²) in [6, 6.07) is 18.5. The molecule has 6 rings (SSSR count). The fourth-order valence-electron chi connectivity index (χ4n) is 5.33. The number of aromatic nitrogens is 1. The molecule has 0 atom stereocenters. The van der Waals surface area contributed by atoms with E-state index in [-0.39, 0.29) is 49.9 Å². The van der Waals surface area contributed by atoms with Crippen LogP contribution in [-0.4, -0.2) is 40.7 Å². The molecule has 3 heterocycles. The van der Waals surface area contributed by atoms with Gasteiger partial charge < -0.3 is 20.4 Å². The predicted molar refractivity (Wildman–Crippen MR) is 167 cm³/mol. The van der Waals surface area contributed by atoms with Crippen LogP contribution in [0.3, 0.4) is 0 Å². The molecular weight excluding hydrogens is 600 g/mol. The number of nitrogens with two attached hydrogens (primary N) is 1. The summed E-state index contributed by atoms with van der Waals surface area (Å²) in [6.07, 6.45) is 3.75. The second-order valence-corrected chi connectivity index (χ2v) is 11.1. The van der Waals surface area contributed by atoms with Crippen molar-refractivity contribution in [2.75, 3.05) is 18.8 Å². The molecule has 1 aliphatic heterocycles. The number of halogens is 4. The van der Waals surface area contributed by atoms with Gasteiger partial charge in [-0.05, 0) is 82.9 Å². The Balaban J connectivity index is 1.27. The Hall–Kier alpha value is -5.45. The molecule has 46 heavy (non-hydrogen) atoms. The Morgan fingerprint density at radius 1 is 0.913 bits per heavy atom. The van der Waals surface area contributed by atoms with Gasteiger partial charge in [-0.25, -0.2) is 22.5 Å². The smallest absolute Gasteiger partial charge is 0.253 e. The predicted octanol–water partition coefficient (Wildman–Crippen LogP) is 7.22. The van der Waals surface area contributed by atoms with Crippen molar-refractivity contribution in [2.24, 2.45) is 0 Å². The van der Waals surface area contributed by atoms with Gasteiger partial charge in [0.25, 0.3) is 11.8 Å². The van der Waals surface area contributed by atoms with E-state index in [0.717, 1.165) is 6.07 Å². The van der Waals surface area contributed by atoms with Gasteiger partial charge in [0.05, 0.1) is 6.54 Å². The summed E-state index contributed by atoms with van der Waals surface area (Å²) >= 11 is 0. The van der Waals surface area contributed by atoms with Gasteiger partial charge in [0.2, 0.25) is 5.91 Å². The standard InChI is InChI=1S/C35H28F4N4O3/c36-27-14-25(15-28(37)18-27)30-17-24(22-3-5-23(6-4-22)34(45)43-11-9-35(38,39)10-12-43)13-26-16-29(46-33(26)30)20-42-32(44)8-2-21-1-7-31(40)41-19-21/h1-8,13-19H,9-12,20H2,(H2,40,41)(H,42,44). The average Bonchev–Trinajstić information content (AvgIpc) is 3.45. The zero-order valence-corrected chi connectivity index (χ0v) is 24.4. The van der Waals surface area contributed by atoms with Crippen molar-refractivity contribution in [1.82, 2.24) is 15.2 Å². The van der Waals surface area contributed by atoms with Crippen molar-refractivity contribution in [2.45, 2.75) is 25.3 Å². The molecule has 0 aliphatic carbocycles. The second-order valence-electron chi connectivity index (χ2n) is 11.1. The van der Waals surface area contributed by atoms with E-state index in [1.54, 1.807) is 54.6 Å². The SMILES string of the molecule is Nc1ccc(C=CC(=O)NCc2cc3cc(-c4ccc(C(=O)N5CCC(F)(F)CC5)cc4)cc(-c4cc(F)cc(F)c4)c3o2)cn1. The number of carbonyl (C=O) groups excluding carboxylic acids is 2. The lowest BCUT2D eigenvalue weighted by molar-refractivity contribution is -0.116. The number of pyridine rings is 1. The Kier molecular flexibility index (Phi) is 8.31. The van der Waals surface area contributed by atoms with E-state index in [9.17, 15) is 27.2 Å². The van der Waals surface area contributed by atoms with Crippen molar-refractivity contribution in [3.05, 3.63) is 114 Å². The number of anilines is 1. The molecule has 0 saturated carbocycles. The molecule has 0 spiro atoms. The number of hydrogen-bond donors (Lipinski definition) is 2. The Morgan fingerprint density at radius 3 is 2.30 bits per heavy atom. The fourth-order valence-corrected chi connectivity index (χ4v) is 5.33. The number of benzene rings is 3. The number of nitrogen functional groups attached to an aromatic ring is 1. The lowest BCUT2D eigenvalue weighted by atomic mass is 9.96. The summed E-state index contributed by atoms with van der Waals surface area (Å²) in [5.41, 5.74) is 9.08. The van der Waals surface area contributed by atoms with Crippen LogP contribution in [0.2, 0.25) is 0 Å². The maximum Gasteiger partial charge on any atom is 0.253 e. The maximum absolute atomic E-state index is 14.3. The van der Waals surface area contributed by atoms with E-state index in [2.05, 4.69) is 10.3 Å². The zero-order chi connectivity index (χ0) is 32.4. The van der Waals surface area contributed by atoms with E-state index in [0.29, 0.717) is 50.4 Å². The number of fused-ring (bicyclic) bond motifs is 1. The van der Waals surface area contributed by atoms with Gasteiger partial charge in [0.15, 0.2) is 0 Å². The first-order chi connectivity index (χ1) is 22.0. The summed E-state index contributed by atoms with van der Waals surface area (Å²) in [5, 5.41) is 3.38. The maximum atomic E-state index is 14.3. The van der Waals surface area contributed by atoms with Gasteiger partial charge in [-0.1, -0.05) is 12.1 Å². The molecule has 3 N–H and O–H groups in total. The molecule has 11 heteroatoms. The highest BCUT2D eigenvalue weighted by atomic mass is 19.3. The molecule has 1 aliphatic rings. The Bertz CT molecular complexity index is 1920. The third-order valence-corrected chi connectivity index (χ3v) is 7.76. The molecule has 234 valence electrons. The van der Waals surface area contributed by atoms with Crippen molar-refractivity contribution in [1.29, 1.82) is 0 Å². The summed E-state index contributed by atoms with van der Waals surface area (Å²) in [6.45, 7) is 0.0121. The molecule has 5 aromatic rings. The molecular formula is C35H28F4N4O3. The van der Waals surface area contributed by atoms with E-state index in [1.807, 2.05) is 6.07 Å². The summed E-state index contributed by atoms with van der Waals surface area (Å²) < 4.78 is 61.7. The first-order valence-corrected chi connectivity index (χ1v) is 14.5. The molecule has 0 bridgehead atoms. The number of nitrogens with zero attached hydrogens (tertiary/aromatic N) is 2. The number of piperidine rings is 1. The van der Waals surface area contributed by atoms with Crippen molar-refractivity contribution in [3.8, 4) is 22.3 Å². The summed E-state index contributed by atoms with van der Waals surface area (Å²) in [5.74, 6) is -4.19. The fraction of sp³-hybridized carbons (Fsp3) is 0.171. The van der Waals surface area contributed by atoms with Crippen LogP contribution in [0.1, 0.15) is 34.5 Å². The average molecular weight is 629 g/mol. The van der Waals surface area contributed by atoms with Crippen LogP contribution in [-0.2, 0) is 11.3 Å². The van der Waals surface area contributed by atoms with Crippen molar-refractivity contribution in [3.63, 3.8) is 0 Å². The van der Waals surface area contributed by atoms with E-state index in [1.165, 1.54) is 29.3 Å². The molecule has 1 fully saturated rings. The van der Waals surface area contributed by atoms with Crippen molar-refractivity contribution < 1.29 is 31.6 Å². The third-order valence-electron chi connectivity index (χ3n) is 7.76. The highest BCUT2D eigenvalue weighted by Gasteiger charge is 2.35. The number of alkyl halides is 2. The van der Waals surface area contributed by atoms with Crippen LogP contribution in [0, 0.1) is 11.6 Å². The van der Waals surface area contributed by atoms with Crippen LogP contribution in [0.4, 0.5) is 23.4 Å². The van der Waals surface area contributed by atoms with Crippen molar-refractivity contribution >= 4 is 34.7 Å². The van der Waals surface area contributed by atoms with E-state index in [4.69, 9.17) is 10.2 Å². The topological polar surface area (TPSA) is 101 Å². The van der Waals surface area contributed by atoms with Gasteiger partial charge in [-0.15, -0.1) is 0 Å². The Labute approximate surface area is 261 Å². The Morgan fingerprint density at radius 2 is 1.63 bits per heavy atom. The minimum absolute atomic E-state index is 0.0164. The first-order valence-electron chi connectivity index (χ1n) is 14.5. The highest BCUT2D eigenvalue weighted by molar-refractivity contribution is 5.98. The van der Waals surface area contributed by atoms with E-state index < -0.39 is 17.6 Å². The number of hydrogen-bond acceptors (Lipinski definition) is 5. The lowest BCUT2D eigenvalue weighted by Crippen LogP contribution is -2.42. The monoisotopic (exact) mass is 628 g/mol. The van der Waals surface area contributed by atoms with E-state index >= 15 is 0 Å². The molecule has 2 amide bonds. The minimum Gasteiger partial charge on any atom is -0.459 e. The highest BCUT2D eigenvalue weighted by Crippen LogP contribution is 2.37. The van der Waals surface area contributed by atoms with Crippen LogP contribution in [0.15, 0.2) is 89.5 Å². The lowest BCUT2D eigenvalue weighted by Gasteiger charge is -2.31. The van der Waals surface area contributed by atoms with Crippen LogP contribution in [0.25, 0.3) is 39.3 Å². The minimum atomic E-state index is -2.76. The number of rotatable bonds is 7. The number of furan rings is 1. The number of likely N-dealkylation sites (tertiary alicyclic amines) is 1. The summed E-state index contributed by atoms with van der Waals surface area (Å²) in [7, 11) is 0. The molecule has 0 radical (unpaired) electrons. The molecule has 0 unspecified atom stereocenters. The van der Waals surface area contributed by atoms with Gasteiger partial charge in [0, 0.05) is 60.8 Å². The molecule has 1 saturated heterocycles. The number of amides is 2. The number of carbonyl (C=O) groups is 2. The number of nitrogens with one attached hydrogen (secondary N) is 1. The molecule has 2 aromatic heterocycles. The molecule has 7 nitrogen and oxygen atoms in total. The van der Waals surface area contributed by atoms with Crippen LogP contribution < -0.4 is 11.1 Å². The van der Waals surface area contributed by atoms with Gasteiger partial charge in [-0.3, -0.25) is 9.59 Å². The van der Waals surface area contributed by atoms with Gasteiger partial charge in [0.1, 0.15) is 28.8 Å². The summed E-state index contributed by atoms with van der Waals surface area (Å²) in [4.78, 5) is 30.8.